The molecule has 2 saturated heterocycles. The zero-order valence-corrected chi connectivity index (χ0v) is 20.6. The lowest BCUT2D eigenvalue weighted by Gasteiger charge is -2.27. The van der Waals surface area contributed by atoms with E-state index in [0.717, 1.165) is 48.8 Å². The summed E-state index contributed by atoms with van der Waals surface area (Å²) in [4.78, 5) is 30.3. The number of fused-ring (bicyclic) bond motifs is 1. The van der Waals surface area contributed by atoms with Gasteiger partial charge in [-0.3, -0.25) is 14.5 Å². The van der Waals surface area contributed by atoms with Crippen LogP contribution in [0.25, 0.3) is 17.0 Å². The number of carbonyl (C=O) groups excluding carboxylic acids is 2. The van der Waals surface area contributed by atoms with E-state index in [0.29, 0.717) is 22.3 Å². The molecule has 2 aliphatic heterocycles. The molecule has 5 nitrogen and oxygen atoms in total. The first-order valence-electron chi connectivity index (χ1n) is 11.7. The smallest absolute Gasteiger partial charge is 0.266 e. The molecule has 3 heterocycles. The number of hydrogen-bond acceptors (Lipinski definition) is 4. The third-order valence-corrected chi connectivity index (χ3v) is 7.84. The minimum Gasteiger partial charge on any atom is -0.341 e. The van der Waals surface area contributed by atoms with Crippen molar-refractivity contribution in [3.05, 3.63) is 76.8 Å². The molecule has 7 heteroatoms. The highest BCUT2D eigenvalue weighted by Gasteiger charge is 2.32. The van der Waals surface area contributed by atoms with Crippen molar-refractivity contribution in [3.63, 3.8) is 0 Å². The Morgan fingerprint density at radius 2 is 1.74 bits per heavy atom. The van der Waals surface area contributed by atoms with Gasteiger partial charge in [-0.2, -0.15) is 0 Å². The van der Waals surface area contributed by atoms with Crippen LogP contribution in [0.2, 0.25) is 0 Å². The summed E-state index contributed by atoms with van der Waals surface area (Å²) in [6.45, 7) is 2.57. The molecule has 2 aliphatic rings. The fourth-order valence-electron chi connectivity index (χ4n) is 4.63. The third kappa shape index (κ3) is 4.81. The maximum Gasteiger partial charge on any atom is 0.266 e. The predicted octanol–water partition coefficient (Wildman–Crippen LogP) is 5.10. The molecule has 2 amide bonds. The van der Waals surface area contributed by atoms with Crippen LogP contribution in [0.4, 0.5) is 0 Å². The van der Waals surface area contributed by atoms with Gasteiger partial charge in [0, 0.05) is 42.3 Å². The number of hydrogen-bond donors (Lipinski definition) is 0. The number of nitrogens with zero attached hydrogens (tertiary/aromatic N) is 3. The summed E-state index contributed by atoms with van der Waals surface area (Å²) in [5.41, 5.74) is 3.12. The Balaban J connectivity index is 1.36. The van der Waals surface area contributed by atoms with E-state index in [9.17, 15) is 9.59 Å². The second kappa shape index (κ2) is 10.2. The number of piperidine rings is 1. The van der Waals surface area contributed by atoms with Crippen LogP contribution in [0.15, 0.2) is 65.7 Å². The van der Waals surface area contributed by atoms with Crippen molar-refractivity contribution in [2.24, 2.45) is 0 Å². The van der Waals surface area contributed by atoms with Crippen molar-refractivity contribution in [2.75, 3.05) is 19.6 Å². The summed E-state index contributed by atoms with van der Waals surface area (Å²) < 4.78 is 2.60. The van der Waals surface area contributed by atoms with Gasteiger partial charge in [0.2, 0.25) is 5.91 Å². The van der Waals surface area contributed by atoms with E-state index in [1.54, 1.807) is 4.90 Å². The molecule has 2 aromatic carbocycles. The molecule has 0 aliphatic carbocycles. The number of para-hydroxylation sites is 1. The number of aromatic nitrogens is 1. The molecule has 0 unspecified atom stereocenters. The van der Waals surface area contributed by atoms with Crippen LogP contribution >= 0.6 is 24.0 Å². The van der Waals surface area contributed by atoms with Gasteiger partial charge in [-0.15, -0.1) is 0 Å². The monoisotopic (exact) mass is 489 g/mol. The van der Waals surface area contributed by atoms with Crippen molar-refractivity contribution in [1.29, 1.82) is 0 Å². The van der Waals surface area contributed by atoms with E-state index in [1.165, 1.54) is 23.7 Å². The minimum atomic E-state index is -0.0489. The minimum absolute atomic E-state index is 0.0489. The number of carbonyl (C=O) groups is 2. The summed E-state index contributed by atoms with van der Waals surface area (Å²) >= 11 is 6.88. The first kappa shape index (κ1) is 22.9. The van der Waals surface area contributed by atoms with Gasteiger partial charge < -0.3 is 9.47 Å². The summed E-state index contributed by atoms with van der Waals surface area (Å²) in [7, 11) is 0. The van der Waals surface area contributed by atoms with Crippen LogP contribution in [0.3, 0.4) is 0 Å². The topological polar surface area (TPSA) is 45.6 Å². The summed E-state index contributed by atoms with van der Waals surface area (Å²) in [5.74, 6) is 0.103. The second-order valence-electron chi connectivity index (χ2n) is 8.74. The van der Waals surface area contributed by atoms with Gasteiger partial charge in [0.05, 0.1) is 4.91 Å². The maximum absolute atomic E-state index is 13.2. The van der Waals surface area contributed by atoms with Gasteiger partial charge in [-0.25, -0.2) is 0 Å². The average Bonchev–Trinajstić information content (AvgIpc) is 3.35. The van der Waals surface area contributed by atoms with E-state index in [2.05, 4.69) is 12.1 Å². The molecule has 0 spiro atoms. The quantitative estimate of drug-likeness (QED) is 0.357. The normalized spacial score (nSPS) is 17.8. The summed E-state index contributed by atoms with van der Waals surface area (Å²) in [5, 5.41) is 1.03. The van der Waals surface area contributed by atoms with Gasteiger partial charge >= 0.3 is 0 Å². The summed E-state index contributed by atoms with van der Waals surface area (Å²) in [6, 6.07) is 18.2. The standard InChI is InChI=1S/C27H27N3O2S2/c31-25(28-14-7-2-8-15-28)19-29-18-21(22-11-5-6-12-23(22)29)17-24-26(32)30(27(33)34-24)16-13-20-9-3-1-4-10-20/h1,3-6,9-12,17-18H,2,7-8,13-16,19H2/b24-17-. The van der Waals surface area contributed by atoms with E-state index in [4.69, 9.17) is 12.2 Å². The zero-order valence-electron chi connectivity index (χ0n) is 19.0. The number of thiocarbonyl (C=S) groups is 1. The molecule has 0 bridgehead atoms. The van der Waals surface area contributed by atoms with Crippen molar-refractivity contribution in [3.8, 4) is 0 Å². The van der Waals surface area contributed by atoms with Crippen LogP contribution < -0.4 is 0 Å². The Bertz CT molecular complexity index is 1260. The largest absolute Gasteiger partial charge is 0.341 e. The van der Waals surface area contributed by atoms with Crippen LogP contribution in [0.1, 0.15) is 30.4 Å². The first-order chi connectivity index (χ1) is 16.6. The van der Waals surface area contributed by atoms with Crippen LogP contribution in [-0.4, -0.2) is 50.1 Å². The molecule has 174 valence electrons. The first-order valence-corrected chi connectivity index (χ1v) is 13.0. The molecule has 5 rings (SSSR count). The van der Waals surface area contributed by atoms with Crippen molar-refractivity contribution >= 4 is 57.1 Å². The van der Waals surface area contributed by atoms with Crippen molar-refractivity contribution in [2.45, 2.75) is 32.2 Å². The average molecular weight is 490 g/mol. The van der Waals surface area contributed by atoms with Crippen molar-refractivity contribution in [1.82, 2.24) is 14.4 Å². The van der Waals surface area contributed by atoms with E-state index < -0.39 is 0 Å². The number of likely N-dealkylation sites (tertiary alicyclic amines) is 1. The number of rotatable bonds is 6. The lowest BCUT2D eigenvalue weighted by molar-refractivity contribution is -0.132. The highest BCUT2D eigenvalue weighted by Crippen LogP contribution is 2.34. The molecular formula is C27H27N3O2S2. The van der Waals surface area contributed by atoms with E-state index >= 15 is 0 Å². The lowest BCUT2D eigenvalue weighted by atomic mass is 10.1. The molecule has 34 heavy (non-hydrogen) atoms. The molecule has 1 aromatic heterocycles. The maximum atomic E-state index is 13.2. The number of amides is 2. The predicted molar refractivity (Wildman–Crippen MR) is 142 cm³/mol. The zero-order chi connectivity index (χ0) is 23.5. The van der Waals surface area contributed by atoms with Gasteiger partial charge in [-0.1, -0.05) is 72.5 Å². The highest BCUT2D eigenvalue weighted by molar-refractivity contribution is 8.26. The number of thioether (sulfide) groups is 1. The van der Waals surface area contributed by atoms with Gasteiger partial charge in [0.15, 0.2) is 0 Å². The fraction of sp³-hybridized carbons (Fsp3) is 0.296. The van der Waals surface area contributed by atoms with Crippen LogP contribution in [0.5, 0.6) is 0 Å². The van der Waals surface area contributed by atoms with Gasteiger partial charge in [0.25, 0.3) is 5.91 Å². The molecule has 0 radical (unpaired) electrons. The van der Waals surface area contributed by atoms with Gasteiger partial charge in [-0.05, 0) is 43.4 Å². The fourth-order valence-corrected chi connectivity index (χ4v) is 5.93. The second-order valence-corrected chi connectivity index (χ2v) is 10.4. The number of benzene rings is 2. The summed E-state index contributed by atoms with van der Waals surface area (Å²) in [6.07, 6.45) is 8.03. The molecule has 3 aromatic rings. The molecule has 0 saturated carbocycles. The Labute approximate surface area is 209 Å². The SMILES string of the molecule is O=C(Cn1cc(/C=C2\SC(=S)N(CCc3ccccc3)C2=O)c2ccccc21)N1CCCCC1. The van der Waals surface area contributed by atoms with Crippen molar-refractivity contribution < 1.29 is 9.59 Å². The lowest BCUT2D eigenvalue weighted by Crippen LogP contribution is -2.37. The Kier molecular flexibility index (Phi) is 6.83. The third-order valence-electron chi connectivity index (χ3n) is 6.46. The van der Waals surface area contributed by atoms with Crippen LogP contribution in [-0.2, 0) is 22.6 Å². The molecule has 2 fully saturated rings. The molecule has 0 N–H and O–H groups in total. The Morgan fingerprint density at radius 1 is 1.00 bits per heavy atom. The molecule has 0 atom stereocenters. The highest BCUT2D eigenvalue weighted by atomic mass is 32.2. The molecular weight excluding hydrogens is 462 g/mol. The Morgan fingerprint density at radius 3 is 2.53 bits per heavy atom. The van der Waals surface area contributed by atoms with Crippen LogP contribution in [0, 0.1) is 0 Å². The van der Waals surface area contributed by atoms with Gasteiger partial charge in [0.1, 0.15) is 10.9 Å². The van der Waals surface area contributed by atoms with E-state index in [1.807, 2.05) is 64.2 Å². The Hall–Kier alpha value is -2.90. The van der Waals surface area contributed by atoms with E-state index in [-0.39, 0.29) is 11.8 Å².